The number of anilines is 4. The Hall–Kier alpha value is -2.41. The van der Waals surface area contributed by atoms with Crippen LogP contribution in [0.15, 0.2) is 30.5 Å². The van der Waals surface area contributed by atoms with Crippen LogP contribution in [-0.2, 0) is 4.74 Å². The molecule has 27 heavy (non-hydrogen) atoms. The van der Waals surface area contributed by atoms with Crippen molar-refractivity contribution in [3.63, 3.8) is 0 Å². The molecule has 1 aromatic heterocycles. The standard InChI is InChI=1S/C20H26FN5O/c21-18-14-22-20(25-19(18)23-15-5-2-1-3-6-15)24-16-7-4-8-17(13-16)26-9-11-27-12-10-26/h4,7-8,13-15H,1-3,5-6,9-12H2,(H2,22,23,24,25). The maximum atomic E-state index is 14.1. The first kappa shape index (κ1) is 18.0. The normalized spacial score (nSPS) is 18.3. The van der Waals surface area contributed by atoms with Gasteiger partial charge in [-0.3, -0.25) is 0 Å². The summed E-state index contributed by atoms with van der Waals surface area (Å²) in [5.74, 6) is 0.269. The number of benzene rings is 1. The number of nitrogens with zero attached hydrogens (tertiary/aromatic N) is 3. The van der Waals surface area contributed by atoms with E-state index in [2.05, 4.69) is 37.6 Å². The molecule has 0 amide bonds. The average Bonchev–Trinajstić information content (AvgIpc) is 2.72. The summed E-state index contributed by atoms with van der Waals surface area (Å²) in [5.41, 5.74) is 2.01. The SMILES string of the molecule is Fc1cnc(Nc2cccc(N3CCOCC3)c2)nc1NC1CCCCC1. The van der Waals surface area contributed by atoms with Crippen molar-refractivity contribution in [3.8, 4) is 0 Å². The molecule has 7 heteroatoms. The molecule has 1 aliphatic carbocycles. The van der Waals surface area contributed by atoms with Gasteiger partial charge in [0.2, 0.25) is 5.95 Å². The van der Waals surface area contributed by atoms with Gasteiger partial charge in [-0.1, -0.05) is 25.3 Å². The van der Waals surface area contributed by atoms with Gasteiger partial charge in [-0.25, -0.2) is 9.37 Å². The van der Waals surface area contributed by atoms with Crippen LogP contribution < -0.4 is 15.5 Å². The van der Waals surface area contributed by atoms with Gasteiger partial charge in [0, 0.05) is 30.5 Å². The van der Waals surface area contributed by atoms with Crippen molar-refractivity contribution in [2.45, 2.75) is 38.1 Å². The second-order valence-corrected chi connectivity index (χ2v) is 7.14. The minimum atomic E-state index is -0.409. The van der Waals surface area contributed by atoms with E-state index in [0.717, 1.165) is 50.5 Å². The average molecular weight is 371 g/mol. The van der Waals surface area contributed by atoms with Gasteiger partial charge in [-0.15, -0.1) is 0 Å². The summed E-state index contributed by atoms with van der Waals surface area (Å²) >= 11 is 0. The van der Waals surface area contributed by atoms with Crippen LogP contribution in [0.4, 0.5) is 27.5 Å². The Bertz CT molecular complexity index is 760. The highest BCUT2D eigenvalue weighted by atomic mass is 19.1. The van der Waals surface area contributed by atoms with Crippen LogP contribution in [0.1, 0.15) is 32.1 Å². The monoisotopic (exact) mass is 371 g/mol. The van der Waals surface area contributed by atoms with E-state index in [1.165, 1.54) is 25.5 Å². The summed E-state index contributed by atoms with van der Waals surface area (Å²) in [6.45, 7) is 3.25. The highest BCUT2D eigenvalue weighted by Crippen LogP contribution is 2.25. The molecule has 0 radical (unpaired) electrons. The Morgan fingerprint density at radius 2 is 1.93 bits per heavy atom. The van der Waals surface area contributed by atoms with E-state index in [-0.39, 0.29) is 5.82 Å². The Kier molecular flexibility index (Phi) is 5.67. The molecule has 144 valence electrons. The summed E-state index contributed by atoms with van der Waals surface area (Å²) in [4.78, 5) is 10.7. The molecule has 2 aliphatic rings. The maximum Gasteiger partial charge on any atom is 0.229 e. The van der Waals surface area contributed by atoms with Crippen molar-refractivity contribution in [1.29, 1.82) is 0 Å². The molecule has 0 atom stereocenters. The van der Waals surface area contributed by atoms with Crippen LogP contribution in [0.25, 0.3) is 0 Å². The lowest BCUT2D eigenvalue weighted by Crippen LogP contribution is -2.36. The lowest BCUT2D eigenvalue weighted by molar-refractivity contribution is 0.122. The third-order valence-electron chi connectivity index (χ3n) is 5.17. The van der Waals surface area contributed by atoms with Crippen LogP contribution in [0, 0.1) is 5.82 Å². The number of nitrogens with one attached hydrogen (secondary N) is 2. The zero-order valence-electron chi connectivity index (χ0n) is 15.5. The van der Waals surface area contributed by atoms with Gasteiger partial charge in [0.1, 0.15) is 0 Å². The van der Waals surface area contributed by atoms with Gasteiger partial charge >= 0.3 is 0 Å². The fourth-order valence-corrected chi connectivity index (χ4v) is 3.70. The zero-order valence-corrected chi connectivity index (χ0v) is 15.5. The van der Waals surface area contributed by atoms with Gasteiger partial charge < -0.3 is 20.3 Å². The lowest BCUT2D eigenvalue weighted by Gasteiger charge is -2.29. The van der Waals surface area contributed by atoms with Crippen molar-refractivity contribution < 1.29 is 9.13 Å². The summed E-state index contributed by atoms with van der Waals surface area (Å²) in [7, 11) is 0. The molecule has 1 aliphatic heterocycles. The van der Waals surface area contributed by atoms with Crippen LogP contribution in [0.2, 0.25) is 0 Å². The van der Waals surface area contributed by atoms with Crippen LogP contribution in [0.5, 0.6) is 0 Å². The predicted molar refractivity (Wildman–Crippen MR) is 105 cm³/mol. The second kappa shape index (κ2) is 8.52. The van der Waals surface area contributed by atoms with Gasteiger partial charge in [0.15, 0.2) is 11.6 Å². The highest BCUT2D eigenvalue weighted by molar-refractivity contribution is 5.62. The number of hydrogen-bond acceptors (Lipinski definition) is 6. The fourth-order valence-electron chi connectivity index (χ4n) is 3.70. The molecule has 4 rings (SSSR count). The molecular weight excluding hydrogens is 345 g/mol. The molecule has 2 heterocycles. The number of hydrogen-bond donors (Lipinski definition) is 2. The van der Waals surface area contributed by atoms with Gasteiger partial charge in [0.25, 0.3) is 0 Å². The molecule has 0 spiro atoms. The lowest BCUT2D eigenvalue weighted by atomic mass is 9.95. The Morgan fingerprint density at radius 1 is 1.11 bits per heavy atom. The second-order valence-electron chi connectivity index (χ2n) is 7.14. The van der Waals surface area contributed by atoms with Crippen molar-refractivity contribution in [1.82, 2.24) is 9.97 Å². The largest absolute Gasteiger partial charge is 0.378 e. The maximum absolute atomic E-state index is 14.1. The van der Waals surface area contributed by atoms with Gasteiger partial charge in [-0.05, 0) is 31.0 Å². The fraction of sp³-hybridized carbons (Fsp3) is 0.500. The first-order valence-corrected chi connectivity index (χ1v) is 9.77. The summed E-state index contributed by atoms with van der Waals surface area (Å²) in [6.07, 6.45) is 6.98. The zero-order chi connectivity index (χ0) is 18.5. The van der Waals surface area contributed by atoms with E-state index >= 15 is 0 Å². The predicted octanol–water partition coefficient (Wildman–Crippen LogP) is 3.94. The van der Waals surface area contributed by atoms with Crippen molar-refractivity contribution in [2.24, 2.45) is 0 Å². The van der Waals surface area contributed by atoms with E-state index in [1.807, 2.05) is 12.1 Å². The van der Waals surface area contributed by atoms with Crippen molar-refractivity contribution in [3.05, 3.63) is 36.3 Å². The Balaban J connectivity index is 1.46. The number of ether oxygens (including phenoxy) is 1. The minimum Gasteiger partial charge on any atom is -0.378 e. The molecule has 2 aromatic rings. The summed E-state index contributed by atoms with van der Waals surface area (Å²) in [5, 5.41) is 6.45. The smallest absolute Gasteiger partial charge is 0.229 e. The number of rotatable bonds is 5. The summed E-state index contributed by atoms with van der Waals surface area (Å²) < 4.78 is 19.6. The van der Waals surface area contributed by atoms with E-state index in [0.29, 0.717) is 12.0 Å². The van der Waals surface area contributed by atoms with Crippen molar-refractivity contribution in [2.75, 3.05) is 41.8 Å². The molecule has 0 bridgehead atoms. The van der Waals surface area contributed by atoms with Crippen molar-refractivity contribution >= 4 is 23.1 Å². The third kappa shape index (κ3) is 4.66. The molecule has 1 saturated heterocycles. The van der Waals surface area contributed by atoms with Gasteiger partial charge in [0.05, 0.1) is 19.4 Å². The van der Waals surface area contributed by atoms with Crippen LogP contribution in [-0.4, -0.2) is 42.3 Å². The molecule has 1 saturated carbocycles. The number of morpholine rings is 1. The molecular formula is C20H26FN5O. The van der Waals surface area contributed by atoms with Gasteiger partial charge in [-0.2, -0.15) is 4.98 Å². The Labute approximate surface area is 159 Å². The quantitative estimate of drug-likeness (QED) is 0.830. The van der Waals surface area contributed by atoms with E-state index in [4.69, 9.17) is 4.74 Å². The minimum absolute atomic E-state index is 0.281. The Morgan fingerprint density at radius 3 is 2.74 bits per heavy atom. The van der Waals surface area contributed by atoms with E-state index in [1.54, 1.807) is 0 Å². The molecule has 0 unspecified atom stereocenters. The summed E-state index contributed by atoms with van der Waals surface area (Å²) in [6, 6.07) is 8.40. The molecule has 2 fully saturated rings. The molecule has 6 nitrogen and oxygen atoms in total. The van der Waals surface area contributed by atoms with E-state index in [9.17, 15) is 4.39 Å². The number of aromatic nitrogens is 2. The molecule has 1 aromatic carbocycles. The van der Waals surface area contributed by atoms with Crippen LogP contribution in [0.3, 0.4) is 0 Å². The topological polar surface area (TPSA) is 62.3 Å². The third-order valence-corrected chi connectivity index (χ3v) is 5.17. The van der Waals surface area contributed by atoms with Crippen LogP contribution >= 0.6 is 0 Å². The highest BCUT2D eigenvalue weighted by Gasteiger charge is 2.17. The molecule has 2 N–H and O–H groups in total. The first-order chi connectivity index (χ1) is 13.3. The number of halogens is 1. The first-order valence-electron chi connectivity index (χ1n) is 9.77. The van der Waals surface area contributed by atoms with E-state index < -0.39 is 5.82 Å².